The summed E-state index contributed by atoms with van der Waals surface area (Å²) in [6, 6.07) is 0. The molecule has 0 bridgehead atoms. The summed E-state index contributed by atoms with van der Waals surface area (Å²) >= 11 is 0. The second kappa shape index (κ2) is 4.09. The number of alkyl halides is 3. The van der Waals surface area contributed by atoms with Gasteiger partial charge in [0.2, 0.25) is 0 Å². The zero-order valence-electron chi connectivity index (χ0n) is 7.77. The average molecular weight is 263 g/mol. The highest BCUT2D eigenvalue weighted by Crippen LogP contribution is 2.26. The van der Waals surface area contributed by atoms with Gasteiger partial charge in [0.15, 0.2) is 0 Å². The molecule has 1 rings (SSSR count). The number of carboxylic acid groups (broad SMARTS) is 1. The highest BCUT2D eigenvalue weighted by Gasteiger charge is 2.48. The molecule has 0 aromatic carbocycles. The number of amides is 1. The third-order valence-electron chi connectivity index (χ3n) is 1.97. The van der Waals surface area contributed by atoms with E-state index in [2.05, 4.69) is 4.18 Å². The van der Waals surface area contributed by atoms with Crippen LogP contribution in [0.25, 0.3) is 0 Å². The van der Waals surface area contributed by atoms with Gasteiger partial charge in [0.25, 0.3) is 0 Å². The van der Waals surface area contributed by atoms with Crippen molar-refractivity contribution in [1.82, 2.24) is 4.90 Å². The van der Waals surface area contributed by atoms with E-state index in [9.17, 15) is 26.4 Å². The van der Waals surface area contributed by atoms with Crippen LogP contribution in [0, 0.1) is 5.92 Å². The molecule has 1 aliphatic rings. The Labute approximate surface area is 88.7 Å². The van der Waals surface area contributed by atoms with Gasteiger partial charge in [-0.2, -0.15) is 21.6 Å². The lowest BCUT2D eigenvalue weighted by atomic mass is 10.0. The maximum atomic E-state index is 11.8. The zero-order chi connectivity index (χ0) is 12.6. The van der Waals surface area contributed by atoms with Crippen molar-refractivity contribution in [2.45, 2.75) is 5.51 Å². The van der Waals surface area contributed by atoms with Gasteiger partial charge in [-0.3, -0.25) is 4.18 Å². The molecule has 1 fully saturated rings. The minimum absolute atomic E-state index is 0.0251. The van der Waals surface area contributed by atoms with Crippen molar-refractivity contribution in [3.05, 3.63) is 0 Å². The smallest absolute Gasteiger partial charge is 0.465 e. The van der Waals surface area contributed by atoms with Crippen molar-refractivity contribution in [3.8, 4) is 0 Å². The molecule has 94 valence electrons. The van der Waals surface area contributed by atoms with Crippen LogP contribution in [0.1, 0.15) is 0 Å². The lowest BCUT2D eigenvalue weighted by Gasteiger charge is -2.36. The van der Waals surface area contributed by atoms with Crippen LogP contribution in [-0.4, -0.2) is 49.7 Å². The van der Waals surface area contributed by atoms with Gasteiger partial charge >= 0.3 is 21.7 Å². The number of likely N-dealkylation sites (tertiary alicyclic amines) is 1. The van der Waals surface area contributed by atoms with Gasteiger partial charge in [-0.25, -0.2) is 4.79 Å². The second-order valence-corrected chi connectivity index (χ2v) is 4.84. The molecule has 0 spiro atoms. The maximum absolute atomic E-state index is 11.8. The Balaban J connectivity index is 2.36. The fraction of sp³-hybridized carbons (Fsp3) is 0.833. The number of nitrogens with zero attached hydrogens (tertiary/aromatic N) is 1. The van der Waals surface area contributed by atoms with E-state index >= 15 is 0 Å². The Morgan fingerprint density at radius 3 is 2.31 bits per heavy atom. The zero-order valence-corrected chi connectivity index (χ0v) is 8.58. The fourth-order valence-corrected chi connectivity index (χ4v) is 1.59. The molecule has 0 saturated carbocycles. The first-order valence-electron chi connectivity index (χ1n) is 4.07. The first-order chi connectivity index (χ1) is 7.13. The number of halogens is 3. The van der Waals surface area contributed by atoms with E-state index in [4.69, 9.17) is 5.11 Å². The summed E-state index contributed by atoms with van der Waals surface area (Å²) in [6.07, 6.45) is -1.20. The highest BCUT2D eigenvalue weighted by molar-refractivity contribution is 7.87. The molecule has 10 heteroatoms. The number of hydrogen-bond acceptors (Lipinski definition) is 4. The first kappa shape index (κ1) is 13.0. The molecule has 6 nitrogen and oxygen atoms in total. The van der Waals surface area contributed by atoms with Crippen LogP contribution in [0.5, 0.6) is 0 Å². The molecule has 0 aliphatic carbocycles. The minimum Gasteiger partial charge on any atom is -0.465 e. The summed E-state index contributed by atoms with van der Waals surface area (Å²) in [6.45, 7) is -0.711. The number of rotatable bonds is 3. The van der Waals surface area contributed by atoms with Gasteiger partial charge in [-0.15, -0.1) is 0 Å². The first-order valence-corrected chi connectivity index (χ1v) is 5.48. The van der Waals surface area contributed by atoms with Crippen LogP contribution in [0.15, 0.2) is 0 Å². The predicted octanol–water partition coefficient (Wildman–Crippen LogP) is 0.462. The number of hydrogen-bond donors (Lipinski definition) is 1. The van der Waals surface area contributed by atoms with Gasteiger partial charge in [0.05, 0.1) is 6.61 Å². The van der Waals surface area contributed by atoms with Crippen LogP contribution in [0.2, 0.25) is 0 Å². The van der Waals surface area contributed by atoms with Gasteiger partial charge in [-0.1, -0.05) is 0 Å². The summed E-state index contributed by atoms with van der Waals surface area (Å²) < 4.78 is 60.0. The predicted molar refractivity (Wildman–Crippen MR) is 44.0 cm³/mol. The van der Waals surface area contributed by atoms with E-state index in [1.807, 2.05) is 0 Å². The van der Waals surface area contributed by atoms with E-state index in [0.717, 1.165) is 4.90 Å². The summed E-state index contributed by atoms with van der Waals surface area (Å²) in [5, 5.41) is 8.40. The summed E-state index contributed by atoms with van der Waals surface area (Å²) in [4.78, 5) is 11.2. The Bertz CT molecular complexity index is 372. The average Bonchev–Trinajstić information content (AvgIpc) is 1.97. The molecule has 0 atom stereocenters. The van der Waals surface area contributed by atoms with Crippen LogP contribution in [-0.2, 0) is 14.3 Å². The largest absolute Gasteiger partial charge is 0.523 e. The summed E-state index contributed by atoms with van der Waals surface area (Å²) in [7, 11) is -5.57. The molecule has 0 aromatic heterocycles. The molecule has 1 heterocycles. The lowest BCUT2D eigenvalue weighted by molar-refractivity contribution is -0.0567. The molecular weight excluding hydrogens is 255 g/mol. The lowest BCUT2D eigenvalue weighted by Crippen LogP contribution is -2.51. The molecule has 1 aliphatic heterocycles. The van der Waals surface area contributed by atoms with Crippen molar-refractivity contribution in [2.24, 2.45) is 5.92 Å². The van der Waals surface area contributed by atoms with Gasteiger partial charge in [0.1, 0.15) is 0 Å². The van der Waals surface area contributed by atoms with Crippen molar-refractivity contribution >= 4 is 16.2 Å². The molecule has 0 radical (unpaired) electrons. The minimum atomic E-state index is -5.57. The normalized spacial score (nSPS) is 18.3. The maximum Gasteiger partial charge on any atom is 0.523 e. The molecular formula is C6H8F3NO5S. The summed E-state index contributed by atoms with van der Waals surface area (Å²) in [5.41, 5.74) is -5.44. The molecule has 1 amide bonds. The Kier molecular flexibility index (Phi) is 3.33. The van der Waals surface area contributed by atoms with Crippen LogP contribution in [0.3, 0.4) is 0 Å². The SMILES string of the molecule is O=C(O)N1CC(COS(=O)(=O)C(F)(F)F)C1. The van der Waals surface area contributed by atoms with E-state index in [1.54, 1.807) is 0 Å². The van der Waals surface area contributed by atoms with Crippen molar-refractivity contribution in [1.29, 1.82) is 0 Å². The van der Waals surface area contributed by atoms with E-state index in [1.165, 1.54) is 0 Å². The quantitative estimate of drug-likeness (QED) is 0.590. The number of carbonyl (C=O) groups is 1. The van der Waals surface area contributed by atoms with Crippen LogP contribution < -0.4 is 0 Å². The van der Waals surface area contributed by atoms with Crippen LogP contribution in [0.4, 0.5) is 18.0 Å². The van der Waals surface area contributed by atoms with Gasteiger partial charge in [0, 0.05) is 19.0 Å². The standard InChI is InChI=1S/C6H8F3NO5S/c7-6(8,9)16(13,14)15-3-4-1-10(2-4)5(11)12/h4H,1-3H2,(H,11,12). The molecule has 1 N–H and O–H groups in total. The third kappa shape index (κ3) is 2.76. The van der Waals surface area contributed by atoms with Gasteiger partial charge in [-0.05, 0) is 0 Å². The fourth-order valence-electron chi connectivity index (χ4n) is 1.08. The van der Waals surface area contributed by atoms with Crippen molar-refractivity contribution < 1.29 is 35.7 Å². The molecule has 16 heavy (non-hydrogen) atoms. The van der Waals surface area contributed by atoms with Crippen LogP contribution >= 0.6 is 0 Å². The molecule has 0 aromatic rings. The van der Waals surface area contributed by atoms with E-state index in [-0.39, 0.29) is 13.1 Å². The van der Waals surface area contributed by atoms with Crippen molar-refractivity contribution in [3.63, 3.8) is 0 Å². The Morgan fingerprint density at radius 2 is 1.94 bits per heavy atom. The van der Waals surface area contributed by atoms with Crippen molar-refractivity contribution in [2.75, 3.05) is 19.7 Å². The van der Waals surface area contributed by atoms with Gasteiger partial charge < -0.3 is 10.0 Å². The molecule has 1 saturated heterocycles. The Morgan fingerprint density at radius 1 is 1.44 bits per heavy atom. The highest BCUT2D eigenvalue weighted by atomic mass is 32.2. The topological polar surface area (TPSA) is 83.9 Å². The van der Waals surface area contributed by atoms with E-state index in [0.29, 0.717) is 0 Å². The third-order valence-corrected chi connectivity index (χ3v) is 2.98. The monoisotopic (exact) mass is 263 g/mol. The summed E-state index contributed by atoms with van der Waals surface area (Å²) in [5.74, 6) is -0.520. The second-order valence-electron chi connectivity index (χ2n) is 3.24. The molecule has 0 unspecified atom stereocenters. The Hall–Kier alpha value is -1.03. The van der Waals surface area contributed by atoms with E-state index < -0.39 is 34.2 Å².